The van der Waals surface area contributed by atoms with Gasteiger partial charge in [-0.05, 0) is 35.7 Å². The maximum atomic E-state index is 12.5. The van der Waals surface area contributed by atoms with Gasteiger partial charge in [0.15, 0.2) is 5.03 Å². The average molecular weight is 353 g/mol. The fourth-order valence-electron chi connectivity index (χ4n) is 2.44. The van der Waals surface area contributed by atoms with E-state index in [9.17, 15) is 8.42 Å². The van der Waals surface area contributed by atoms with E-state index in [4.69, 9.17) is 0 Å². The highest BCUT2D eigenvalue weighted by Crippen LogP contribution is 2.19. The molecule has 3 rings (SSSR count). The van der Waals surface area contributed by atoms with Crippen LogP contribution in [0.25, 0.3) is 0 Å². The third-order valence-electron chi connectivity index (χ3n) is 3.93. The molecule has 0 aliphatic rings. The minimum atomic E-state index is -3.63. The van der Waals surface area contributed by atoms with E-state index in [1.54, 1.807) is 36.4 Å². The summed E-state index contributed by atoms with van der Waals surface area (Å²) in [4.78, 5) is 0.211. The lowest BCUT2D eigenvalue weighted by atomic mass is 10.0. The molecule has 3 aromatic rings. The maximum absolute atomic E-state index is 12.5. The number of anilines is 1. The highest BCUT2D eigenvalue weighted by Gasteiger charge is 2.19. The zero-order chi connectivity index (χ0) is 17.7. The van der Waals surface area contributed by atoms with Crippen LogP contribution in [0, 0.1) is 0 Å². The van der Waals surface area contributed by atoms with Gasteiger partial charge in [-0.2, -0.15) is 0 Å². The van der Waals surface area contributed by atoms with Gasteiger partial charge >= 0.3 is 0 Å². The molecule has 5 nitrogen and oxygen atoms in total. The minimum Gasteiger partial charge on any atom is -0.368 e. The van der Waals surface area contributed by atoms with Crippen molar-refractivity contribution in [2.45, 2.75) is 22.8 Å². The van der Waals surface area contributed by atoms with Crippen LogP contribution in [0.3, 0.4) is 0 Å². The Morgan fingerprint density at radius 2 is 1.52 bits per heavy atom. The number of nitrogens with zero attached hydrogens (tertiary/aromatic N) is 2. The third kappa shape index (κ3) is 4.03. The van der Waals surface area contributed by atoms with Crippen LogP contribution < -0.4 is 5.32 Å². The van der Waals surface area contributed by atoms with E-state index in [0.717, 1.165) is 0 Å². The predicted molar refractivity (Wildman–Crippen MR) is 97.3 cm³/mol. The highest BCUT2D eigenvalue weighted by atomic mass is 32.2. The van der Waals surface area contributed by atoms with E-state index in [1.807, 2.05) is 18.2 Å². The molecule has 0 fully saturated rings. The second-order valence-electron chi connectivity index (χ2n) is 5.77. The van der Waals surface area contributed by atoms with Crippen molar-refractivity contribution in [3.05, 3.63) is 78.4 Å². The van der Waals surface area contributed by atoms with Crippen LogP contribution in [-0.2, 0) is 9.84 Å². The van der Waals surface area contributed by atoms with Crippen LogP contribution in [0.2, 0.25) is 0 Å². The molecule has 0 saturated carbocycles. The van der Waals surface area contributed by atoms with Crippen LogP contribution in [0.5, 0.6) is 0 Å². The zero-order valence-electron chi connectivity index (χ0n) is 13.8. The maximum Gasteiger partial charge on any atom is 0.225 e. The fraction of sp³-hybridized carbons (Fsp3) is 0.158. The first-order chi connectivity index (χ1) is 12.1. The Morgan fingerprint density at radius 3 is 2.12 bits per heavy atom. The molecule has 1 atom stereocenters. The average Bonchev–Trinajstić information content (AvgIpc) is 2.68. The second kappa shape index (κ2) is 7.44. The van der Waals surface area contributed by atoms with Gasteiger partial charge in [-0.25, -0.2) is 8.42 Å². The van der Waals surface area contributed by atoms with Gasteiger partial charge in [0.05, 0.1) is 4.90 Å². The van der Waals surface area contributed by atoms with Crippen molar-refractivity contribution < 1.29 is 8.42 Å². The molecule has 1 heterocycles. The monoisotopic (exact) mass is 353 g/mol. The summed E-state index contributed by atoms with van der Waals surface area (Å²) >= 11 is 0. The van der Waals surface area contributed by atoms with Gasteiger partial charge in [-0.1, -0.05) is 55.5 Å². The van der Waals surface area contributed by atoms with Crippen LogP contribution in [0.4, 0.5) is 5.82 Å². The van der Waals surface area contributed by atoms with Gasteiger partial charge in [0.25, 0.3) is 0 Å². The van der Waals surface area contributed by atoms with Crippen molar-refractivity contribution >= 4 is 15.7 Å². The molecule has 0 aliphatic carbocycles. The standard InChI is InChI=1S/C19H19N3O2S/c1-15(16-8-4-2-5-9-16)14-20-18-12-13-19(22-21-18)25(23,24)17-10-6-3-7-11-17/h2-13,15H,14H2,1H3,(H,20,21). The Hall–Kier alpha value is -2.73. The van der Waals surface area contributed by atoms with Crippen molar-refractivity contribution in [2.24, 2.45) is 0 Å². The molecule has 6 heteroatoms. The van der Waals surface area contributed by atoms with E-state index >= 15 is 0 Å². The summed E-state index contributed by atoms with van der Waals surface area (Å²) in [6, 6.07) is 21.5. The van der Waals surface area contributed by atoms with Gasteiger partial charge in [-0.3, -0.25) is 0 Å². The van der Waals surface area contributed by atoms with Crippen molar-refractivity contribution in [3.8, 4) is 0 Å². The lowest BCUT2D eigenvalue weighted by molar-refractivity contribution is 0.590. The van der Waals surface area contributed by atoms with Crippen molar-refractivity contribution in [3.63, 3.8) is 0 Å². The molecule has 0 saturated heterocycles. The number of benzene rings is 2. The summed E-state index contributed by atoms with van der Waals surface area (Å²) < 4.78 is 24.9. The number of nitrogens with one attached hydrogen (secondary N) is 1. The molecule has 0 amide bonds. The molecule has 1 unspecified atom stereocenters. The Labute approximate surface area is 147 Å². The van der Waals surface area contributed by atoms with E-state index in [2.05, 4.69) is 34.6 Å². The number of aromatic nitrogens is 2. The first-order valence-corrected chi connectivity index (χ1v) is 9.48. The van der Waals surface area contributed by atoms with Crippen molar-refractivity contribution in [1.29, 1.82) is 0 Å². The largest absolute Gasteiger partial charge is 0.368 e. The van der Waals surface area contributed by atoms with Gasteiger partial charge in [0.2, 0.25) is 9.84 Å². The van der Waals surface area contributed by atoms with Crippen LogP contribution in [0.15, 0.2) is 82.7 Å². The molecule has 0 aliphatic heterocycles. The van der Waals surface area contributed by atoms with Gasteiger partial charge in [0.1, 0.15) is 5.82 Å². The molecular weight excluding hydrogens is 334 g/mol. The Kier molecular flexibility index (Phi) is 5.09. The van der Waals surface area contributed by atoms with Crippen molar-refractivity contribution in [1.82, 2.24) is 10.2 Å². The molecule has 25 heavy (non-hydrogen) atoms. The van der Waals surface area contributed by atoms with Crippen LogP contribution >= 0.6 is 0 Å². The molecule has 0 spiro atoms. The summed E-state index contributed by atoms with van der Waals surface area (Å²) in [5, 5.41) is 11.0. The normalized spacial score (nSPS) is 12.5. The molecule has 0 bridgehead atoms. The molecular formula is C19H19N3O2S. The smallest absolute Gasteiger partial charge is 0.225 e. The van der Waals surface area contributed by atoms with Crippen molar-refractivity contribution in [2.75, 3.05) is 11.9 Å². The lowest BCUT2D eigenvalue weighted by Crippen LogP contribution is -2.12. The molecule has 1 N–H and O–H groups in total. The second-order valence-corrected chi connectivity index (χ2v) is 7.66. The number of sulfone groups is 1. The van der Waals surface area contributed by atoms with Gasteiger partial charge in [-0.15, -0.1) is 10.2 Å². The highest BCUT2D eigenvalue weighted by molar-refractivity contribution is 7.91. The number of hydrogen-bond acceptors (Lipinski definition) is 5. The van der Waals surface area contributed by atoms with Crippen LogP contribution in [-0.4, -0.2) is 25.2 Å². The topological polar surface area (TPSA) is 72.0 Å². The van der Waals surface area contributed by atoms with Crippen LogP contribution in [0.1, 0.15) is 18.4 Å². The molecule has 1 aromatic heterocycles. The minimum absolute atomic E-state index is 0.0552. The summed E-state index contributed by atoms with van der Waals surface area (Å²) in [7, 11) is -3.63. The summed E-state index contributed by atoms with van der Waals surface area (Å²) in [6.07, 6.45) is 0. The number of rotatable bonds is 6. The Morgan fingerprint density at radius 1 is 0.880 bits per heavy atom. The first-order valence-electron chi connectivity index (χ1n) is 8.00. The third-order valence-corrected chi connectivity index (χ3v) is 5.59. The Balaban J connectivity index is 1.69. The fourth-order valence-corrected chi connectivity index (χ4v) is 3.59. The summed E-state index contributed by atoms with van der Waals surface area (Å²) in [6.45, 7) is 2.80. The summed E-state index contributed by atoms with van der Waals surface area (Å²) in [5.41, 5.74) is 1.23. The van der Waals surface area contributed by atoms with E-state index in [1.165, 1.54) is 11.6 Å². The summed E-state index contributed by atoms with van der Waals surface area (Å²) in [5.74, 6) is 0.852. The molecule has 0 radical (unpaired) electrons. The van der Waals surface area contributed by atoms with E-state index in [0.29, 0.717) is 18.3 Å². The SMILES string of the molecule is CC(CNc1ccc(S(=O)(=O)c2ccccc2)nn1)c1ccccc1. The molecule has 128 valence electrons. The Bertz CT molecular complexity index is 912. The zero-order valence-corrected chi connectivity index (χ0v) is 14.6. The van der Waals surface area contributed by atoms with Gasteiger partial charge in [0, 0.05) is 6.54 Å². The quantitative estimate of drug-likeness (QED) is 0.734. The van der Waals surface area contributed by atoms with E-state index < -0.39 is 9.84 Å². The van der Waals surface area contributed by atoms with E-state index in [-0.39, 0.29) is 9.92 Å². The molecule has 2 aromatic carbocycles. The first kappa shape index (κ1) is 17.1. The number of hydrogen-bond donors (Lipinski definition) is 1. The van der Waals surface area contributed by atoms with Gasteiger partial charge < -0.3 is 5.32 Å². The lowest BCUT2D eigenvalue weighted by Gasteiger charge is -2.13. The predicted octanol–water partition coefficient (Wildman–Crippen LogP) is 3.53.